The number of hydrogen-bond acceptors (Lipinski definition) is 3. The second kappa shape index (κ2) is 8.72. The molecule has 2 aromatic carbocycles. The topological polar surface area (TPSA) is 32.7 Å². The Kier molecular flexibility index (Phi) is 6.87. The van der Waals surface area contributed by atoms with Crippen LogP contribution in [-0.4, -0.2) is 37.8 Å². The van der Waals surface area contributed by atoms with E-state index in [2.05, 4.69) is 11.8 Å². The van der Waals surface area contributed by atoms with E-state index < -0.39 is 5.60 Å². The average Bonchev–Trinajstić information content (AvgIpc) is 2.62. The van der Waals surface area contributed by atoms with Crippen molar-refractivity contribution < 1.29 is 9.84 Å². The first-order chi connectivity index (χ1) is 12.3. The van der Waals surface area contributed by atoms with E-state index in [1.165, 1.54) is 0 Å². The molecule has 0 radical (unpaired) electrons. The number of ether oxygens (including phenoxy) is 1. The maximum Gasteiger partial charge on any atom is 0.125 e. The first-order valence-corrected chi connectivity index (χ1v) is 9.11. The summed E-state index contributed by atoms with van der Waals surface area (Å²) >= 11 is 5.99. The molecule has 0 amide bonds. The molecule has 1 N–H and O–H groups in total. The number of nitrogens with zero attached hydrogens (tertiary/aromatic N) is 1. The lowest BCUT2D eigenvalue weighted by Gasteiger charge is -2.38. The Morgan fingerprint density at radius 1 is 1.19 bits per heavy atom. The molecule has 0 aliphatic carbocycles. The number of rotatable bonds is 7. The Morgan fingerprint density at radius 2 is 1.81 bits per heavy atom. The summed E-state index contributed by atoms with van der Waals surface area (Å²) < 4.78 is 5.54. The SMILES string of the molecule is COc1ccccc1C(O)(C(C)=Cc1ccc(Cl)cc1)C(C)CN(C)C. The lowest BCUT2D eigenvalue weighted by atomic mass is 9.76. The van der Waals surface area contributed by atoms with E-state index in [-0.39, 0.29) is 5.92 Å². The Bertz CT molecular complexity index is 755. The molecule has 0 aliphatic heterocycles. The summed E-state index contributed by atoms with van der Waals surface area (Å²) in [4.78, 5) is 2.08. The second-order valence-corrected chi connectivity index (χ2v) is 7.45. The molecule has 0 fully saturated rings. The maximum absolute atomic E-state index is 11.9. The highest BCUT2D eigenvalue weighted by Crippen LogP contribution is 2.42. The third kappa shape index (κ3) is 4.47. The Labute approximate surface area is 161 Å². The zero-order valence-electron chi connectivity index (χ0n) is 16.2. The molecule has 0 aromatic heterocycles. The molecule has 0 heterocycles. The summed E-state index contributed by atoms with van der Waals surface area (Å²) in [6, 6.07) is 15.3. The molecule has 3 nitrogen and oxygen atoms in total. The van der Waals surface area contributed by atoms with E-state index >= 15 is 0 Å². The van der Waals surface area contributed by atoms with Gasteiger partial charge in [-0.15, -0.1) is 0 Å². The zero-order valence-corrected chi connectivity index (χ0v) is 16.9. The van der Waals surface area contributed by atoms with Gasteiger partial charge >= 0.3 is 0 Å². The second-order valence-electron chi connectivity index (χ2n) is 7.01. The largest absolute Gasteiger partial charge is 0.496 e. The minimum atomic E-state index is -1.16. The van der Waals surface area contributed by atoms with Crippen molar-refractivity contribution in [2.45, 2.75) is 19.4 Å². The standard InChI is InChI=1S/C22H28ClNO2/c1-16(14-18-10-12-19(23)13-11-18)22(25,17(2)15-24(3)4)20-8-6-7-9-21(20)26-5/h6-14,17,25H,15H2,1-5H3. The van der Waals surface area contributed by atoms with Gasteiger partial charge in [-0.1, -0.05) is 54.9 Å². The first-order valence-electron chi connectivity index (χ1n) is 8.74. The number of para-hydroxylation sites is 1. The molecule has 2 atom stereocenters. The molecule has 0 saturated heterocycles. The normalized spacial score (nSPS) is 15.6. The van der Waals surface area contributed by atoms with Crippen molar-refractivity contribution in [3.63, 3.8) is 0 Å². The predicted octanol–water partition coefficient (Wildman–Crippen LogP) is 4.84. The predicted molar refractivity (Wildman–Crippen MR) is 110 cm³/mol. The van der Waals surface area contributed by atoms with E-state index in [1.807, 2.05) is 75.6 Å². The molecule has 140 valence electrons. The third-order valence-electron chi connectivity index (χ3n) is 4.72. The number of halogens is 1. The first kappa shape index (κ1) is 20.5. The smallest absolute Gasteiger partial charge is 0.125 e. The van der Waals surface area contributed by atoms with E-state index in [9.17, 15) is 5.11 Å². The van der Waals surface area contributed by atoms with E-state index in [4.69, 9.17) is 16.3 Å². The fraction of sp³-hybridized carbons (Fsp3) is 0.364. The Balaban J connectivity index is 2.57. The number of benzene rings is 2. The van der Waals surface area contributed by atoms with Crippen molar-refractivity contribution in [3.8, 4) is 5.75 Å². The van der Waals surface area contributed by atoms with Crippen molar-refractivity contribution in [3.05, 3.63) is 70.3 Å². The van der Waals surface area contributed by atoms with Crippen LogP contribution in [-0.2, 0) is 5.60 Å². The van der Waals surface area contributed by atoms with Gasteiger partial charge < -0.3 is 14.7 Å². The summed E-state index contributed by atoms with van der Waals surface area (Å²) in [6.07, 6.45) is 2.01. The van der Waals surface area contributed by atoms with E-state index in [0.29, 0.717) is 10.8 Å². The summed E-state index contributed by atoms with van der Waals surface area (Å²) in [5, 5.41) is 12.6. The van der Waals surface area contributed by atoms with Crippen molar-refractivity contribution in [1.82, 2.24) is 4.90 Å². The Hall–Kier alpha value is -1.81. The molecule has 0 aliphatic rings. The fourth-order valence-electron chi connectivity index (χ4n) is 3.42. The van der Waals surface area contributed by atoms with Crippen LogP contribution in [0, 0.1) is 5.92 Å². The van der Waals surface area contributed by atoms with Gasteiger partial charge in [-0.25, -0.2) is 0 Å². The number of hydrogen-bond donors (Lipinski definition) is 1. The van der Waals surface area contributed by atoms with Gasteiger partial charge in [-0.05, 0) is 50.4 Å². The maximum atomic E-state index is 11.9. The van der Waals surface area contributed by atoms with Crippen LogP contribution >= 0.6 is 11.6 Å². The highest BCUT2D eigenvalue weighted by molar-refractivity contribution is 6.30. The van der Waals surface area contributed by atoms with Crippen LogP contribution in [0.25, 0.3) is 6.08 Å². The van der Waals surface area contributed by atoms with Crippen LogP contribution in [0.5, 0.6) is 5.75 Å². The number of aliphatic hydroxyl groups is 1. The highest BCUT2D eigenvalue weighted by Gasteiger charge is 2.39. The van der Waals surface area contributed by atoms with Crippen LogP contribution in [0.3, 0.4) is 0 Å². The van der Waals surface area contributed by atoms with Crippen LogP contribution < -0.4 is 4.74 Å². The van der Waals surface area contributed by atoms with Gasteiger partial charge in [0, 0.05) is 23.0 Å². The Morgan fingerprint density at radius 3 is 2.38 bits per heavy atom. The molecule has 4 heteroatoms. The van der Waals surface area contributed by atoms with Crippen molar-refractivity contribution in [2.24, 2.45) is 5.92 Å². The summed E-state index contributed by atoms with van der Waals surface area (Å²) in [7, 11) is 5.66. The molecule has 0 bridgehead atoms. The van der Waals surface area contributed by atoms with Gasteiger partial charge in [0.1, 0.15) is 11.4 Å². The molecule has 2 aromatic rings. The van der Waals surface area contributed by atoms with Crippen LogP contribution in [0.2, 0.25) is 5.02 Å². The van der Waals surface area contributed by atoms with Crippen molar-refractivity contribution in [1.29, 1.82) is 0 Å². The molecule has 2 unspecified atom stereocenters. The average molecular weight is 374 g/mol. The molecule has 2 rings (SSSR count). The molecule has 26 heavy (non-hydrogen) atoms. The van der Waals surface area contributed by atoms with E-state index in [1.54, 1.807) is 7.11 Å². The quantitative estimate of drug-likeness (QED) is 0.753. The van der Waals surface area contributed by atoms with Gasteiger partial charge in [-0.3, -0.25) is 0 Å². The minimum Gasteiger partial charge on any atom is -0.496 e. The summed E-state index contributed by atoms with van der Waals surface area (Å²) in [6.45, 7) is 4.76. The van der Waals surface area contributed by atoms with Crippen molar-refractivity contribution in [2.75, 3.05) is 27.7 Å². The van der Waals surface area contributed by atoms with Crippen molar-refractivity contribution >= 4 is 17.7 Å². The van der Waals surface area contributed by atoms with Crippen LogP contribution in [0.15, 0.2) is 54.1 Å². The molecular formula is C22H28ClNO2. The summed E-state index contributed by atoms with van der Waals surface area (Å²) in [5.41, 5.74) is 1.48. The van der Waals surface area contributed by atoms with Gasteiger partial charge in [0.2, 0.25) is 0 Å². The lowest BCUT2D eigenvalue weighted by Crippen LogP contribution is -2.40. The monoisotopic (exact) mass is 373 g/mol. The summed E-state index contributed by atoms with van der Waals surface area (Å²) in [5.74, 6) is 0.641. The van der Waals surface area contributed by atoms with E-state index in [0.717, 1.165) is 23.2 Å². The van der Waals surface area contributed by atoms with Gasteiger partial charge in [-0.2, -0.15) is 0 Å². The van der Waals surface area contributed by atoms with Crippen LogP contribution in [0.4, 0.5) is 0 Å². The lowest BCUT2D eigenvalue weighted by molar-refractivity contribution is 0.00856. The highest BCUT2D eigenvalue weighted by atomic mass is 35.5. The molecule has 0 spiro atoms. The van der Waals surface area contributed by atoms with Gasteiger partial charge in [0.05, 0.1) is 7.11 Å². The van der Waals surface area contributed by atoms with Gasteiger partial charge in [0.25, 0.3) is 0 Å². The number of methoxy groups -OCH3 is 1. The van der Waals surface area contributed by atoms with Gasteiger partial charge in [0.15, 0.2) is 0 Å². The third-order valence-corrected chi connectivity index (χ3v) is 4.98. The molecule has 0 saturated carbocycles. The zero-order chi connectivity index (χ0) is 19.3. The molecular weight excluding hydrogens is 346 g/mol. The fourth-order valence-corrected chi connectivity index (χ4v) is 3.55. The minimum absolute atomic E-state index is 0.0441. The van der Waals surface area contributed by atoms with Crippen LogP contribution in [0.1, 0.15) is 25.0 Å².